The number of aromatic nitrogens is 2. The highest BCUT2D eigenvalue weighted by Gasteiger charge is 2.36. The van der Waals surface area contributed by atoms with Crippen molar-refractivity contribution in [3.8, 4) is 10.7 Å². The molecule has 0 radical (unpaired) electrons. The van der Waals surface area contributed by atoms with Crippen molar-refractivity contribution in [2.24, 2.45) is 0 Å². The molecule has 0 bridgehead atoms. The molecule has 124 valence electrons. The van der Waals surface area contributed by atoms with E-state index in [4.69, 9.17) is 4.52 Å². The van der Waals surface area contributed by atoms with Crippen LogP contribution in [0.4, 0.5) is 5.69 Å². The van der Waals surface area contributed by atoms with Crippen LogP contribution in [-0.4, -0.2) is 18.6 Å². The summed E-state index contributed by atoms with van der Waals surface area (Å²) in [7, 11) is -3.63. The van der Waals surface area contributed by atoms with Gasteiger partial charge in [0.2, 0.25) is 11.7 Å². The van der Waals surface area contributed by atoms with Crippen LogP contribution in [0.15, 0.2) is 63.3 Å². The van der Waals surface area contributed by atoms with Crippen molar-refractivity contribution in [3.05, 3.63) is 59.8 Å². The second kappa shape index (κ2) is 5.14. The molecule has 2 aromatic carbocycles. The van der Waals surface area contributed by atoms with Crippen molar-refractivity contribution in [2.45, 2.75) is 11.4 Å². The van der Waals surface area contributed by atoms with Crippen molar-refractivity contribution in [1.82, 2.24) is 10.1 Å². The van der Waals surface area contributed by atoms with Gasteiger partial charge >= 0.3 is 0 Å². The monoisotopic (exact) mass is 369 g/mol. The van der Waals surface area contributed by atoms with Crippen LogP contribution in [0.2, 0.25) is 0 Å². The summed E-state index contributed by atoms with van der Waals surface area (Å²) in [5, 5.41) is 7.51. The standard InChI is InChI=1S/C17H11N3O3S2/c21-25(22)14-8-2-5-11-4-1-6-12(16(11)14)20(25)10-15-18-17(19-23-15)13-7-3-9-24-13/h1-9H,10H2. The summed E-state index contributed by atoms with van der Waals surface area (Å²) >= 11 is 1.50. The summed E-state index contributed by atoms with van der Waals surface area (Å²) in [6.07, 6.45) is 0. The van der Waals surface area contributed by atoms with Gasteiger partial charge < -0.3 is 4.52 Å². The number of sulfonamides is 1. The Morgan fingerprint density at radius 2 is 1.92 bits per heavy atom. The van der Waals surface area contributed by atoms with Crippen molar-refractivity contribution < 1.29 is 12.9 Å². The van der Waals surface area contributed by atoms with E-state index in [1.54, 1.807) is 18.2 Å². The lowest BCUT2D eigenvalue weighted by Gasteiger charge is -2.16. The molecular weight excluding hydrogens is 358 g/mol. The van der Waals surface area contributed by atoms with Crippen LogP contribution in [0, 0.1) is 0 Å². The first kappa shape index (κ1) is 14.6. The molecule has 0 spiro atoms. The average molecular weight is 369 g/mol. The van der Waals surface area contributed by atoms with Crippen LogP contribution < -0.4 is 4.31 Å². The van der Waals surface area contributed by atoms with Gasteiger partial charge in [-0.1, -0.05) is 35.5 Å². The highest BCUT2D eigenvalue weighted by atomic mass is 32.2. The number of hydrogen-bond donors (Lipinski definition) is 0. The van der Waals surface area contributed by atoms with Gasteiger partial charge in [-0.25, -0.2) is 8.42 Å². The maximum atomic E-state index is 12.9. The minimum Gasteiger partial charge on any atom is -0.337 e. The first-order valence-corrected chi connectivity index (χ1v) is 9.87. The topological polar surface area (TPSA) is 76.3 Å². The van der Waals surface area contributed by atoms with Gasteiger partial charge in [-0.05, 0) is 29.0 Å². The molecule has 5 rings (SSSR count). The molecule has 3 heterocycles. The second-order valence-electron chi connectivity index (χ2n) is 5.63. The van der Waals surface area contributed by atoms with Crippen molar-refractivity contribution in [1.29, 1.82) is 0 Å². The van der Waals surface area contributed by atoms with Gasteiger partial charge in [-0.2, -0.15) is 4.98 Å². The molecule has 8 heteroatoms. The average Bonchev–Trinajstić information content (AvgIpc) is 3.33. The maximum Gasteiger partial charge on any atom is 0.265 e. The van der Waals surface area contributed by atoms with Crippen LogP contribution in [0.5, 0.6) is 0 Å². The third-order valence-electron chi connectivity index (χ3n) is 4.17. The summed E-state index contributed by atoms with van der Waals surface area (Å²) < 4.78 is 32.5. The summed E-state index contributed by atoms with van der Waals surface area (Å²) in [4.78, 5) is 5.53. The molecule has 1 aliphatic rings. The number of benzene rings is 2. The first-order chi connectivity index (χ1) is 12.1. The number of hydrogen-bond acceptors (Lipinski definition) is 6. The Kier molecular flexibility index (Phi) is 3.01. The fraction of sp³-hybridized carbons (Fsp3) is 0.0588. The molecular formula is C17H11N3O3S2. The fourth-order valence-corrected chi connectivity index (χ4v) is 5.39. The number of nitrogens with zero attached hydrogens (tertiary/aromatic N) is 3. The summed E-state index contributed by atoms with van der Waals surface area (Å²) in [5.74, 6) is 0.731. The molecule has 0 aliphatic carbocycles. The molecule has 25 heavy (non-hydrogen) atoms. The Balaban J connectivity index is 1.59. The molecule has 0 amide bonds. The van der Waals surface area contributed by atoms with Gasteiger partial charge in [0.05, 0.1) is 15.5 Å². The maximum absolute atomic E-state index is 12.9. The van der Waals surface area contributed by atoms with Crippen molar-refractivity contribution in [3.63, 3.8) is 0 Å². The van der Waals surface area contributed by atoms with Gasteiger partial charge in [0, 0.05) is 5.39 Å². The molecule has 0 saturated heterocycles. The van der Waals surface area contributed by atoms with E-state index in [2.05, 4.69) is 10.1 Å². The van der Waals surface area contributed by atoms with E-state index in [1.165, 1.54) is 15.6 Å². The molecule has 4 aromatic rings. The van der Waals surface area contributed by atoms with E-state index in [1.807, 2.05) is 35.7 Å². The SMILES string of the molecule is O=S1(=O)c2cccc3cccc(c23)N1Cc1nc(-c2cccs2)no1. The molecule has 0 saturated carbocycles. The molecule has 0 unspecified atom stereocenters. The number of anilines is 1. The van der Waals surface area contributed by atoms with Crippen molar-refractivity contribution >= 4 is 37.8 Å². The van der Waals surface area contributed by atoms with Crippen LogP contribution in [0.3, 0.4) is 0 Å². The minimum atomic E-state index is -3.63. The summed E-state index contributed by atoms with van der Waals surface area (Å²) in [5.41, 5.74) is 0.643. The predicted octanol–water partition coefficient (Wildman–Crippen LogP) is 3.66. The third-order valence-corrected chi connectivity index (χ3v) is 6.84. The quantitative estimate of drug-likeness (QED) is 0.551. The number of thiophene rings is 1. The van der Waals surface area contributed by atoms with Crippen LogP contribution in [0.25, 0.3) is 21.5 Å². The molecule has 6 nitrogen and oxygen atoms in total. The van der Waals surface area contributed by atoms with Gasteiger partial charge in [-0.15, -0.1) is 11.3 Å². The van der Waals surface area contributed by atoms with E-state index in [9.17, 15) is 8.42 Å². The minimum absolute atomic E-state index is 0.00843. The fourth-order valence-electron chi connectivity index (χ4n) is 3.08. The van der Waals surface area contributed by atoms with E-state index >= 15 is 0 Å². The van der Waals surface area contributed by atoms with Gasteiger partial charge in [-0.3, -0.25) is 4.31 Å². The molecule has 1 aliphatic heterocycles. The number of rotatable bonds is 3. The largest absolute Gasteiger partial charge is 0.337 e. The van der Waals surface area contributed by atoms with Gasteiger partial charge in [0.1, 0.15) is 6.54 Å². The van der Waals surface area contributed by atoms with E-state index in [0.717, 1.165) is 15.6 Å². The lowest BCUT2D eigenvalue weighted by molar-refractivity contribution is 0.381. The van der Waals surface area contributed by atoms with E-state index in [-0.39, 0.29) is 12.4 Å². The van der Waals surface area contributed by atoms with Gasteiger partial charge in [0.15, 0.2) is 0 Å². The second-order valence-corrected chi connectivity index (χ2v) is 8.41. The molecule has 0 N–H and O–H groups in total. The Labute approximate surface area is 147 Å². The smallest absolute Gasteiger partial charge is 0.265 e. The lowest BCUT2D eigenvalue weighted by atomic mass is 10.1. The molecule has 0 fully saturated rings. The zero-order valence-corrected chi connectivity index (χ0v) is 14.4. The van der Waals surface area contributed by atoms with Crippen LogP contribution >= 0.6 is 11.3 Å². The lowest BCUT2D eigenvalue weighted by Crippen LogP contribution is -2.26. The summed E-state index contributed by atoms with van der Waals surface area (Å²) in [6, 6.07) is 14.6. The first-order valence-electron chi connectivity index (χ1n) is 7.55. The highest BCUT2D eigenvalue weighted by Crippen LogP contribution is 2.42. The Hall–Kier alpha value is -2.71. The summed E-state index contributed by atoms with van der Waals surface area (Å²) in [6.45, 7) is 0.00843. The molecule has 2 aromatic heterocycles. The predicted molar refractivity (Wildman–Crippen MR) is 94.9 cm³/mol. The highest BCUT2D eigenvalue weighted by molar-refractivity contribution is 7.93. The van der Waals surface area contributed by atoms with Crippen LogP contribution in [0.1, 0.15) is 5.89 Å². The van der Waals surface area contributed by atoms with Crippen LogP contribution in [-0.2, 0) is 16.6 Å². The van der Waals surface area contributed by atoms with Crippen molar-refractivity contribution in [2.75, 3.05) is 4.31 Å². The third kappa shape index (κ3) is 2.11. The zero-order valence-electron chi connectivity index (χ0n) is 12.8. The van der Waals surface area contributed by atoms with Gasteiger partial charge in [0.25, 0.3) is 10.0 Å². The van der Waals surface area contributed by atoms with E-state index in [0.29, 0.717) is 16.4 Å². The molecule has 0 atom stereocenters. The Bertz CT molecular complexity index is 1190. The normalized spacial score (nSPS) is 15.1. The van der Waals surface area contributed by atoms with E-state index < -0.39 is 10.0 Å². The zero-order chi connectivity index (χ0) is 17.0. The Morgan fingerprint density at radius 1 is 1.08 bits per heavy atom. The Morgan fingerprint density at radius 3 is 2.72 bits per heavy atom.